The van der Waals surface area contributed by atoms with Gasteiger partial charge in [-0.25, -0.2) is 0 Å². The Hall–Kier alpha value is -0.990. The lowest BCUT2D eigenvalue weighted by Gasteiger charge is -2.32. The van der Waals surface area contributed by atoms with E-state index >= 15 is 0 Å². The number of hydrogen-bond donors (Lipinski definition) is 1. The molecule has 1 heterocycles. The molecule has 0 amide bonds. The number of rotatable bonds is 2. The Morgan fingerprint density at radius 2 is 2.16 bits per heavy atom. The van der Waals surface area contributed by atoms with Crippen LogP contribution in [0.1, 0.15) is 36.8 Å². The van der Waals surface area contributed by atoms with Crippen LogP contribution in [-0.2, 0) is 6.42 Å². The van der Waals surface area contributed by atoms with Gasteiger partial charge in [0.25, 0.3) is 0 Å². The van der Waals surface area contributed by atoms with Gasteiger partial charge in [-0.05, 0) is 62.5 Å². The molecule has 1 N–H and O–H groups in total. The van der Waals surface area contributed by atoms with Crippen LogP contribution in [0, 0.1) is 0 Å². The third-order valence-electron chi connectivity index (χ3n) is 4.32. The summed E-state index contributed by atoms with van der Waals surface area (Å²) in [6, 6.07) is 6.43. The van der Waals surface area contributed by atoms with Gasteiger partial charge in [0.2, 0.25) is 0 Å². The van der Waals surface area contributed by atoms with Crippen molar-refractivity contribution >= 4 is 18.5 Å². The van der Waals surface area contributed by atoms with Crippen molar-refractivity contribution < 1.29 is 5.11 Å². The van der Waals surface area contributed by atoms with Gasteiger partial charge in [-0.15, -0.1) is 12.4 Å². The molecule has 3 rings (SSSR count). The first kappa shape index (κ1) is 14.4. The van der Waals surface area contributed by atoms with E-state index in [1.807, 2.05) is 12.1 Å². The topological polar surface area (TPSA) is 23.5 Å². The molecule has 1 fully saturated rings. The van der Waals surface area contributed by atoms with Crippen molar-refractivity contribution in [1.29, 1.82) is 0 Å². The normalized spacial score (nSPS) is 22.6. The Balaban J connectivity index is 0.00000133. The molecule has 19 heavy (non-hydrogen) atoms. The van der Waals surface area contributed by atoms with Crippen LogP contribution in [-0.4, -0.2) is 29.6 Å². The van der Waals surface area contributed by atoms with Crippen LogP contribution in [0.25, 0.3) is 6.08 Å². The van der Waals surface area contributed by atoms with E-state index in [-0.39, 0.29) is 12.4 Å². The standard InChI is InChI=1S/C16H21NO.ClH/c1-17-7-3-2-4-15(17)10-12-8-13-5-6-16(18)11-14(13)9-12;/h5-6,8,11,15,18H,2-4,7,9-10H2,1H3;1H. The van der Waals surface area contributed by atoms with Gasteiger partial charge >= 0.3 is 0 Å². The molecule has 0 bridgehead atoms. The smallest absolute Gasteiger partial charge is 0.115 e. The summed E-state index contributed by atoms with van der Waals surface area (Å²) in [5.74, 6) is 0.387. The lowest BCUT2D eigenvalue weighted by atomic mass is 9.95. The number of halogens is 1. The minimum Gasteiger partial charge on any atom is -0.508 e. The molecular weight excluding hydrogens is 258 g/mol. The Morgan fingerprint density at radius 3 is 2.95 bits per heavy atom. The number of benzene rings is 1. The van der Waals surface area contributed by atoms with Crippen LogP contribution in [0.5, 0.6) is 5.75 Å². The largest absolute Gasteiger partial charge is 0.508 e. The molecule has 1 saturated heterocycles. The number of phenols is 1. The van der Waals surface area contributed by atoms with Crippen molar-refractivity contribution in [3.8, 4) is 5.75 Å². The predicted molar refractivity (Wildman–Crippen MR) is 81.9 cm³/mol. The second-order valence-electron chi connectivity index (χ2n) is 5.70. The van der Waals surface area contributed by atoms with Gasteiger partial charge in [0.05, 0.1) is 0 Å². The molecule has 104 valence electrons. The van der Waals surface area contributed by atoms with Crippen molar-refractivity contribution in [1.82, 2.24) is 4.90 Å². The predicted octanol–water partition coefficient (Wildman–Crippen LogP) is 3.63. The quantitative estimate of drug-likeness (QED) is 0.894. The second-order valence-corrected chi connectivity index (χ2v) is 5.70. The SMILES string of the molecule is CN1CCCCC1CC1=Cc2ccc(O)cc2C1.Cl. The van der Waals surface area contributed by atoms with Crippen LogP contribution in [0.3, 0.4) is 0 Å². The van der Waals surface area contributed by atoms with Crippen molar-refractivity contribution in [2.24, 2.45) is 0 Å². The van der Waals surface area contributed by atoms with E-state index in [0.717, 1.165) is 6.42 Å². The summed E-state index contributed by atoms with van der Waals surface area (Å²) in [5, 5.41) is 9.51. The molecule has 1 unspecified atom stereocenters. The zero-order chi connectivity index (χ0) is 12.5. The fraction of sp³-hybridized carbons (Fsp3) is 0.500. The Morgan fingerprint density at radius 1 is 1.32 bits per heavy atom. The van der Waals surface area contributed by atoms with Crippen LogP contribution in [0.4, 0.5) is 0 Å². The number of likely N-dealkylation sites (tertiary alicyclic amines) is 1. The molecule has 2 aliphatic rings. The third-order valence-corrected chi connectivity index (χ3v) is 4.32. The summed E-state index contributed by atoms with van der Waals surface area (Å²) >= 11 is 0. The average Bonchev–Trinajstić information content (AvgIpc) is 2.73. The maximum absolute atomic E-state index is 9.51. The van der Waals surface area contributed by atoms with E-state index in [9.17, 15) is 5.11 Å². The maximum Gasteiger partial charge on any atom is 0.115 e. The summed E-state index contributed by atoms with van der Waals surface area (Å²) in [7, 11) is 2.25. The number of phenolic OH excluding ortho intramolecular Hbond substituents is 1. The van der Waals surface area contributed by atoms with E-state index in [2.05, 4.69) is 18.0 Å². The highest BCUT2D eigenvalue weighted by Gasteiger charge is 2.22. The Kier molecular flexibility index (Phi) is 4.54. The van der Waals surface area contributed by atoms with Crippen molar-refractivity contribution in [3.63, 3.8) is 0 Å². The van der Waals surface area contributed by atoms with E-state index < -0.39 is 0 Å². The van der Waals surface area contributed by atoms with Gasteiger partial charge in [-0.3, -0.25) is 0 Å². The van der Waals surface area contributed by atoms with Gasteiger partial charge in [-0.1, -0.05) is 24.1 Å². The van der Waals surface area contributed by atoms with E-state index in [0.29, 0.717) is 11.8 Å². The summed E-state index contributed by atoms with van der Waals surface area (Å²) in [6.45, 7) is 1.24. The molecule has 1 aromatic rings. The lowest BCUT2D eigenvalue weighted by Crippen LogP contribution is -2.36. The van der Waals surface area contributed by atoms with E-state index in [4.69, 9.17) is 0 Å². The molecule has 1 aromatic carbocycles. The zero-order valence-corrected chi connectivity index (χ0v) is 12.2. The molecule has 0 spiro atoms. The fourth-order valence-electron chi connectivity index (χ4n) is 3.24. The van der Waals surface area contributed by atoms with Crippen LogP contribution < -0.4 is 0 Å². The van der Waals surface area contributed by atoms with E-state index in [1.54, 1.807) is 6.07 Å². The Labute approximate surface area is 121 Å². The molecule has 1 aliphatic heterocycles. The highest BCUT2D eigenvalue weighted by atomic mass is 35.5. The second kappa shape index (κ2) is 5.98. The van der Waals surface area contributed by atoms with E-state index in [1.165, 1.54) is 48.9 Å². The fourth-order valence-corrected chi connectivity index (χ4v) is 3.24. The van der Waals surface area contributed by atoms with Crippen molar-refractivity contribution in [3.05, 3.63) is 34.9 Å². The summed E-state index contributed by atoms with van der Waals surface area (Å²) < 4.78 is 0. The zero-order valence-electron chi connectivity index (χ0n) is 11.4. The van der Waals surface area contributed by atoms with Gasteiger partial charge in [0, 0.05) is 6.04 Å². The van der Waals surface area contributed by atoms with Gasteiger partial charge in [0.1, 0.15) is 5.75 Å². The van der Waals surface area contributed by atoms with Crippen LogP contribution in [0.15, 0.2) is 23.8 Å². The minimum absolute atomic E-state index is 0. The number of nitrogens with zero attached hydrogens (tertiary/aromatic N) is 1. The van der Waals surface area contributed by atoms with Gasteiger partial charge in [-0.2, -0.15) is 0 Å². The molecule has 2 nitrogen and oxygen atoms in total. The highest BCUT2D eigenvalue weighted by molar-refractivity contribution is 5.85. The molecule has 0 radical (unpaired) electrons. The maximum atomic E-state index is 9.51. The minimum atomic E-state index is 0. The first-order chi connectivity index (χ1) is 8.72. The molecule has 1 aliphatic carbocycles. The Bertz CT molecular complexity index is 484. The number of fused-ring (bicyclic) bond motifs is 1. The summed E-state index contributed by atoms with van der Waals surface area (Å²) in [5.41, 5.74) is 4.10. The highest BCUT2D eigenvalue weighted by Crippen LogP contribution is 2.32. The first-order valence-electron chi connectivity index (χ1n) is 6.94. The molecule has 1 atom stereocenters. The average molecular weight is 280 g/mol. The number of hydrogen-bond acceptors (Lipinski definition) is 2. The summed E-state index contributed by atoms with van der Waals surface area (Å²) in [4.78, 5) is 2.50. The monoisotopic (exact) mass is 279 g/mol. The molecule has 0 saturated carbocycles. The van der Waals surface area contributed by atoms with Crippen LogP contribution in [0.2, 0.25) is 0 Å². The lowest BCUT2D eigenvalue weighted by molar-refractivity contribution is 0.184. The molecule has 0 aromatic heterocycles. The van der Waals surface area contributed by atoms with Gasteiger partial charge in [0.15, 0.2) is 0 Å². The molecule has 3 heteroatoms. The van der Waals surface area contributed by atoms with Crippen molar-refractivity contribution in [2.75, 3.05) is 13.6 Å². The number of aromatic hydroxyl groups is 1. The summed E-state index contributed by atoms with van der Waals surface area (Å²) in [6.07, 6.45) is 8.57. The number of piperidine rings is 1. The molecular formula is C16H22ClNO. The van der Waals surface area contributed by atoms with Gasteiger partial charge < -0.3 is 10.0 Å². The first-order valence-corrected chi connectivity index (χ1v) is 6.94. The van der Waals surface area contributed by atoms with Crippen LogP contribution >= 0.6 is 12.4 Å². The third kappa shape index (κ3) is 3.13. The van der Waals surface area contributed by atoms with Crippen molar-refractivity contribution in [2.45, 2.75) is 38.1 Å².